The van der Waals surface area contributed by atoms with E-state index in [0.29, 0.717) is 41.1 Å². The molecule has 2 N–H and O–H groups in total. The molecule has 0 unspecified atom stereocenters. The molecular formula is C24H22FNO4. The normalized spacial score (nSPS) is 11.2. The monoisotopic (exact) mass is 407 g/mol. The molecule has 0 bridgehead atoms. The Labute approximate surface area is 173 Å². The van der Waals surface area contributed by atoms with Crippen molar-refractivity contribution in [1.82, 2.24) is 4.98 Å². The summed E-state index contributed by atoms with van der Waals surface area (Å²) in [4.78, 5) is 14.3. The lowest BCUT2D eigenvalue weighted by atomic mass is 10.1. The average Bonchev–Trinajstić information content (AvgIpc) is 3.39. The number of halogens is 1. The fourth-order valence-corrected chi connectivity index (χ4v) is 3.51. The topological polar surface area (TPSA) is 75.5 Å². The van der Waals surface area contributed by atoms with Crippen molar-refractivity contribution < 1.29 is 23.4 Å². The van der Waals surface area contributed by atoms with Gasteiger partial charge in [0.1, 0.15) is 5.82 Å². The number of carbonyl (C=O) groups is 1. The second-order valence-corrected chi connectivity index (χ2v) is 7.06. The minimum atomic E-state index is -0.962. The van der Waals surface area contributed by atoms with E-state index in [1.807, 2.05) is 32.0 Å². The van der Waals surface area contributed by atoms with E-state index in [4.69, 9.17) is 14.3 Å². The molecular weight excluding hydrogens is 385 g/mol. The number of benzene rings is 2. The molecule has 0 radical (unpaired) electrons. The van der Waals surface area contributed by atoms with Crippen LogP contribution in [0.15, 0.2) is 52.9 Å². The van der Waals surface area contributed by atoms with E-state index in [1.54, 1.807) is 24.3 Å². The average molecular weight is 407 g/mol. The van der Waals surface area contributed by atoms with Gasteiger partial charge < -0.3 is 19.2 Å². The number of fused-ring (bicyclic) bond motifs is 1. The summed E-state index contributed by atoms with van der Waals surface area (Å²) in [7, 11) is 0. The molecule has 30 heavy (non-hydrogen) atoms. The predicted octanol–water partition coefficient (Wildman–Crippen LogP) is 6.28. The first kappa shape index (κ1) is 19.8. The number of hydrogen-bond acceptors (Lipinski definition) is 3. The van der Waals surface area contributed by atoms with Gasteiger partial charge in [-0.1, -0.05) is 26.0 Å². The number of hydrogen-bond donors (Lipinski definition) is 2. The van der Waals surface area contributed by atoms with Crippen molar-refractivity contribution in [3.63, 3.8) is 0 Å². The summed E-state index contributed by atoms with van der Waals surface area (Å²) in [6.45, 7) is 4.38. The molecule has 0 saturated heterocycles. The number of ether oxygens (including phenoxy) is 1. The third-order valence-corrected chi connectivity index (χ3v) is 5.04. The van der Waals surface area contributed by atoms with Crippen molar-refractivity contribution in [3.05, 3.63) is 65.5 Å². The molecule has 2 aromatic carbocycles. The molecule has 2 heterocycles. The smallest absolute Gasteiger partial charge is 0.335 e. The second-order valence-electron chi connectivity index (χ2n) is 7.06. The molecule has 4 aromatic rings. The first-order chi connectivity index (χ1) is 14.5. The van der Waals surface area contributed by atoms with Crippen LogP contribution in [0, 0.1) is 5.82 Å². The van der Waals surface area contributed by atoms with Crippen molar-refractivity contribution in [2.45, 2.75) is 26.7 Å². The quantitative estimate of drug-likeness (QED) is 0.378. The highest BCUT2D eigenvalue weighted by Crippen LogP contribution is 2.37. The zero-order valence-corrected chi connectivity index (χ0v) is 16.8. The zero-order chi connectivity index (χ0) is 21.3. The van der Waals surface area contributed by atoms with E-state index in [9.17, 15) is 9.18 Å². The van der Waals surface area contributed by atoms with Crippen LogP contribution in [0.4, 0.5) is 4.39 Å². The van der Waals surface area contributed by atoms with E-state index < -0.39 is 5.97 Å². The summed E-state index contributed by atoms with van der Waals surface area (Å²) in [6.07, 6.45) is 1.36. The number of furan rings is 1. The number of carboxylic acids is 1. The molecule has 0 fully saturated rings. The van der Waals surface area contributed by atoms with Crippen LogP contribution in [0.1, 0.15) is 36.2 Å². The van der Waals surface area contributed by atoms with E-state index in [0.717, 1.165) is 23.4 Å². The minimum absolute atomic E-state index is 0.233. The lowest BCUT2D eigenvalue weighted by molar-refractivity contribution is 0.0697. The Bertz CT molecular complexity index is 1200. The number of aromatic carboxylic acids is 1. The summed E-state index contributed by atoms with van der Waals surface area (Å²) in [6, 6.07) is 13.6. The van der Waals surface area contributed by atoms with Crippen LogP contribution >= 0.6 is 0 Å². The van der Waals surface area contributed by atoms with Crippen molar-refractivity contribution in [3.8, 4) is 28.5 Å². The van der Waals surface area contributed by atoms with Gasteiger partial charge >= 0.3 is 5.97 Å². The van der Waals surface area contributed by atoms with Crippen molar-refractivity contribution in [2.24, 2.45) is 0 Å². The summed E-state index contributed by atoms with van der Waals surface area (Å²) in [5, 5.41) is 9.76. The van der Waals surface area contributed by atoms with Crippen LogP contribution in [-0.4, -0.2) is 22.7 Å². The third-order valence-electron chi connectivity index (χ3n) is 5.04. The number of aryl methyl sites for hydroxylation is 1. The Morgan fingerprint density at radius 3 is 2.50 bits per heavy atom. The number of nitrogens with one attached hydrogen (secondary N) is 1. The number of H-pyrrole nitrogens is 1. The van der Waals surface area contributed by atoms with Crippen molar-refractivity contribution >= 4 is 16.9 Å². The van der Waals surface area contributed by atoms with Gasteiger partial charge in [-0.3, -0.25) is 0 Å². The first-order valence-corrected chi connectivity index (χ1v) is 9.92. The zero-order valence-electron chi connectivity index (χ0n) is 16.8. The largest absolute Gasteiger partial charge is 0.490 e. The number of carboxylic acid groups (broad SMARTS) is 1. The summed E-state index contributed by atoms with van der Waals surface area (Å²) >= 11 is 0. The molecule has 5 nitrogen and oxygen atoms in total. The molecule has 6 heteroatoms. The fraction of sp³-hybridized carbons (Fsp3) is 0.208. The van der Waals surface area contributed by atoms with Gasteiger partial charge in [0.2, 0.25) is 0 Å². The fourth-order valence-electron chi connectivity index (χ4n) is 3.51. The maximum atomic E-state index is 14.6. The molecule has 2 aromatic heterocycles. The van der Waals surface area contributed by atoms with Gasteiger partial charge in [-0.25, -0.2) is 9.18 Å². The van der Waals surface area contributed by atoms with Gasteiger partial charge in [0, 0.05) is 17.1 Å². The predicted molar refractivity (Wildman–Crippen MR) is 114 cm³/mol. The third kappa shape index (κ3) is 3.56. The molecule has 154 valence electrons. The molecule has 0 atom stereocenters. The number of aromatic nitrogens is 1. The molecule has 0 amide bonds. The van der Waals surface area contributed by atoms with E-state index in [1.165, 1.54) is 6.07 Å². The van der Waals surface area contributed by atoms with Crippen LogP contribution in [0.25, 0.3) is 33.7 Å². The Balaban J connectivity index is 1.74. The highest BCUT2D eigenvalue weighted by atomic mass is 19.1. The second kappa shape index (κ2) is 8.06. The van der Waals surface area contributed by atoms with Gasteiger partial charge in [0.25, 0.3) is 0 Å². The number of rotatable bonds is 7. The van der Waals surface area contributed by atoms with Crippen LogP contribution in [0.5, 0.6) is 5.75 Å². The molecule has 0 spiro atoms. The van der Waals surface area contributed by atoms with Gasteiger partial charge in [0.05, 0.1) is 17.9 Å². The molecule has 4 rings (SSSR count). The Morgan fingerprint density at radius 1 is 1.10 bits per heavy atom. The van der Waals surface area contributed by atoms with Crippen LogP contribution < -0.4 is 4.74 Å². The summed E-state index contributed by atoms with van der Waals surface area (Å²) < 4.78 is 26.4. The molecule has 0 aliphatic heterocycles. The lowest BCUT2D eigenvalue weighted by Gasteiger charge is -2.08. The molecule has 0 aliphatic rings. The SMILES string of the molecule is CCCOc1cc(F)c(CC)c2cc(-c3ccc(-c4ccc(C(=O)O)cc4)[nH]3)oc12. The molecule has 0 saturated carbocycles. The highest BCUT2D eigenvalue weighted by Gasteiger charge is 2.19. The van der Waals surface area contributed by atoms with E-state index in [-0.39, 0.29) is 11.4 Å². The Hall–Kier alpha value is -3.54. The van der Waals surface area contributed by atoms with Gasteiger partial charge in [-0.15, -0.1) is 0 Å². The summed E-state index contributed by atoms with van der Waals surface area (Å²) in [5.74, 6) is -0.269. The van der Waals surface area contributed by atoms with Gasteiger partial charge in [-0.05, 0) is 54.3 Å². The van der Waals surface area contributed by atoms with Crippen molar-refractivity contribution in [2.75, 3.05) is 6.61 Å². The van der Waals surface area contributed by atoms with Crippen LogP contribution in [-0.2, 0) is 6.42 Å². The van der Waals surface area contributed by atoms with Gasteiger partial charge in [0.15, 0.2) is 17.1 Å². The standard InChI is InChI=1S/C24H22FNO4/c1-3-11-29-22-13-18(25)16(4-2)17-12-21(30-23(17)22)20-10-9-19(26-20)14-5-7-15(8-6-14)24(27)28/h5-10,12-13,26H,3-4,11H2,1-2H3,(H,27,28). The summed E-state index contributed by atoms with van der Waals surface area (Å²) in [5.41, 5.74) is 3.80. The Kier molecular flexibility index (Phi) is 5.31. The maximum Gasteiger partial charge on any atom is 0.335 e. The highest BCUT2D eigenvalue weighted by molar-refractivity contribution is 5.90. The minimum Gasteiger partial charge on any atom is -0.490 e. The van der Waals surface area contributed by atoms with E-state index >= 15 is 0 Å². The van der Waals surface area contributed by atoms with Crippen LogP contribution in [0.2, 0.25) is 0 Å². The van der Waals surface area contributed by atoms with E-state index in [2.05, 4.69) is 4.98 Å². The first-order valence-electron chi connectivity index (χ1n) is 9.92. The van der Waals surface area contributed by atoms with Gasteiger partial charge in [-0.2, -0.15) is 0 Å². The maximum absolute atomic E-state index is 14.6. The molecule has 0 aliphatic carbocycles. The lowest BCUT2D eigenvalue weighted by Crippen LogP contribution is -1.98. The van der Waals surface area contributed by atoms with Crippen LogP contribution in [0.3, 0.4) is 0 Å². The number of aromatic amines is 1. The van der Waals surface area contributed by atoms with Crippen molar-refractivity contribution in [1.29, 1.82) is 0 Å². The Morgan fingerprint density at radius 2 is 1.83 bits per heavy atom.